The summed E-state index contributed by atoms with van der Waals surface area (Å²) in [6, 6.07) is 24.9. The van der Waals surface area contributed by atoms with Crippen LogP contribution in [0.15, 0.2) is 78.9 Å². The zero-order valence-electron chi connectivity index (χ0n) is 21.5. The molecule has 0 fully saturated rings. The number of ether oxygens (including phenoxy) is 1. The van der Waals surface area contributed by atoms with Gasteiger partial charge in [0, 0.05) is 17.8 Å². The smallest absolute Gasteiger partial charge is 0.277 e. The van der Waals surface area contributed by atoms with Crippen LogP contribution in [0, 0.1) is 13.8 Å². The molecule has 0 unspecified atom stereocenters. The van der Waals surface area contributed by atoms with Gasteiger partial charge >= 0.3 is 0 Å². The molecule has 1 N–H and O–H groups in total. The monoisotopic (exact) mass is 494 g/mol. The van der Waals surface area contributed by atoms with Gasteiger partial charge in [-0.05, 0) is 79.9 Å². The van der Waals surface area contributed by atoms with Crippen molar-refractivity contribution < 1.29 is 14.3 Å². The average Bonchev–Trinajstić information content (AvgIpc) is 3.34. The molecule has 0 aliphatic carbocycles. The maximum atomic E-state index is 14.0. The molecule has 1 aliphatic rings. The van der Waals surface area contributed by atoms with Gasteiger partial charge in [-0.1, -0.05) is 36.4 Å². The zero-order chi connectivity index (χ0) is 26.2. The number of hydrogen-bond acceptors (Lipinski definition) is 4. The average molecular weight is 495 g/mol. The van der Waals surface area contributed by atoms with Crippen LogP contribution in [-0.4, -0.2) is 34.2 Å². The lowest BCUT2D eigenvalue weighted by molar-refractivity contribution is -0.126. The van der Waals surface area contributed by atoms with Crippen molar-refractivity contribution in [3.8, 4) is 17.0 Å². The molecule has 0 saturated carbocycles. The molecule has 3 aromatic carbocycles. The predicted molar refractivity (Wildman–Crippen MR) is 144 cm³/mol. The van der Waals surface area contributed by atoms with Crippen molar-refractivity contribution in [1.29, 1.82) is 0 Å². The van der Waals surface area contributed by atoms with Crippen molar-refractivity contribution >= 4 is 17.5 Å². The molecule has 7 nitrogen and oxygen atoms in total. The molecule has 0 spiro atoms. The van der Waals surface area contributed by atoms with E-state index in [1.165, 1.54) is 0 Å². The summed E-state index contributed by atoms with van der Waals surface area (Å²) in [6.45, 7) is 6.42. The molecular formula is C30H30N4O3. The van der Waals surface area contributed by atoms with E-state index in [1.54, 1.807) is 29.7 Å². The van der Waals surface area contributed by atoms with Gasteiger partial charge < -0.3 is 10.1 Å². The molecule has 0 bridgehead atoms. The zero-order valence-corrected chi connectivity index (χ0v) is 21.5. The molecule has 188 valence electrons. The van der Waals surface area contributed by atoms with Crippen molar-refractivity contribution in [2.24, 2.45) is 0 Å². The molecule has 1 aromatic heterocycles. The Balaban J connectivity index is 1.55. The highest BCUT2D eigenvalue weighted by atomic mass is 16.5. The number of nitrogens with zero attached hydrogens (tertiary/aromatic N) is 3. The van der Waals surface area contributed by atoms with Crippen LogP contribution in [0.4, 0.5) is 5.69 Å². The summed E-state index contributed by atoms with van der Waals surface area (Å²) in [4.78, 5) is 29.4. The number of methoxy groups -OCH3 is 1. The molecule has 1 aliphatic heterocycles. The van der Waals surface area contributed by atoms with Crippen LogP contribution in [0.2, 0.25) is 0 Å². The van der Waals surface area contributed by atoms with Crippen LogP contribution >= 0.6 is 0 Å². The predicted octanol–water partition coefficient (Wildman–Crippen LogP) is 4.91. The molecule has 5 rings (SSSR count). The van der Waals surface area contributed by atoms with Gasteiger partial charge in [0.1, 0.15) is 17.0 Å². The van der Waals surface area contributed by atoms with Crippen LogP contribution in [0.25, 0.3) is 11.3 Å². The van der Waals surface area contributed by atoms with Gasteiger partial charge in [0.15, 0.2) is 0 Å². The highest BCUT2D eigenvalue weighted by Gasteiger charge is 2.49. The second-order valence-electron chi connectivity index (χ2n) is 9.65. The van der Waals surface area contributed by atoms with E-state index in [9.17, 15) is 9.59 Å². The third kappa shape index (κ3) is 4.48. The van der Waals surface area contributed by atoms with Crippen LogP contribution in [0.5, 0.6) is 5.75 Å². The fourth-order valence-corrected chi connectivity index (χ4v) is 4.72. The minimum atomic E-state index is -1.19. The van der Waals surface area contributed by atoms with E-state index in [0.29, 0.717) is 23.6 Å². The van der Waals surface area contributed by atoms with Crippen molar-refractivity contribution in [1.82, 2.24) is 15.1 Å². The number of aromatic nitrogens is 2. The van der Waals surface area contributed by atoms with Crippen LogP contribution < -0.4 is 15.0 Å². The quantitative estimate of drug-likeness (QED) is 0.413. The first kappa shape index (κ1) is 24.3. The maximum Gasteiger partial charge on any atom is 0.277 e. The van der Waals surface area contributed by atoms with E-state index in [4.69, 9.17) is 9.84 Å². The number of carbonyl (C=O) groups excluding carboxylic acids is 2. The van der Waals surface area contributed by atoms with E-state index in [1.807, 2.05) is 86.6 Å². The van der Waals surface area contributed by atoms with E-state index in [-0.39, 0.29) is 18.4 Å². The standard InChI is InChI=1S/C30H30N4O3/c1-20-10-13-24(16-21(20)2)34-28(35)27-17-26(23-11-14-25(37-4)15-12-23)32-33(27)19-30(34,3)29(36)31-18-22-8-6-5-7-9-22/h5-17H,18-19H2,1-4H3,(H,31,36)/t30-/m0/s1. The Morgan fingerprint density at radius 3 is 2.41 bits per heavy atom. The molecule has 1 atom stereocenters. The first-order valence-electron chi connectivity index (χ1n) is 12.3. The second-order valence-corrected chi connectivity index (χ2v) is 9.65. The van der Waals surface area contributed by atoms with Gasteiger partial charge in [-0.15, -0.1) is 0 Å². The number of nitrogens with one attached hydrogen (secondary N) is 1. The molecule has 0 saturated heterocycles. The Kier molecular flexibility index (Phi) is 6.29. The summed E-state index contributed by atoms with van der Waals surface area (Å²) in [5.41, 5.74) is 4.63. The molecule has 2 amide bonds. The molecule has 4 aromatic rings. The minimum absolute atomic E-state index is 0.220. The summed E-state index contributed by atoms with van der Waals surface area (Å²) < 4.78 is 6.92. The van der Waals surface area contributed by atoms with Gasteiger partial charge in [0.25, 0.3) is 5.91 Å². The molecule has 7 heteroatoms. The Labute approximate surface area is 216 Å². The third-order valence-corrected chi connectivity index (χ3v) is 7.07. The second kappa shape index (κ2) is 9.58. The fourth-order valence-electron chi connectivity index (χ4n) is 4.72. The molecular weight excluding hydrogens is 464 g/mol. The van der Waals surface area contributed by atoms with Crippen molar-refractivity contribution in [2.45, 2.75) is 39.4 Å². The fraction of sp³-hybridized carbons (Fsp3) is 0.233. The first-order valence-corrected chi connectivity index (χ1v) is 12.3. The number of fused-ring (bicyclic) bond motifs is 1. The van der Waals surface area contributed by atoms with Crippen molar-refractivity contribution in [3.05, 3.63) is 101 Å². The normalized spacial score (nSPS) is 16.9. The summed E-state index contributed by atoms with van der Waals surface area (Å²) in [5, 5.41) is 7.78. The van der Waals surface area contributed by atoms with E-state index in [0.717, 1.165) is 28.0 Å². The van der Waals surface area contributed by atoms with Crippen LogP contribution in [0.3, 0.4) is 0 Å². The van der Waals surface area contributed by atoms with Gasteiger partial charge in [0.2, 0.25) is 5.91 Å². The summed E-state index contributed by atoms with van der Waals surface area (Å²) in [6.07, 6.45) is 0. The molecule has 0 radical (unpaired) electrons. The number of carbonyl (C=O) groups is 2. The van der Waals surface area contributed by atoms with Crippen LogP contribution in [0.1, 0.15) is 34.1 Å². The molecule has 2 heterocycles. The maximum absolute atomic E-state index is 14.0. The Bertz CT molecular complexity index is 1460. The summed E-state index contributed by atoms with van der Waals surface area (Å²) in [7, 11) is 1.62. The van der Waals surface area contributed by atoms with E-state index in [2.05, 4.69) is 5.32 Å². The van der Waals surface area contributed by atoms with Gasteiger partial charge in [-0.2, -0.15) is 5.10 Å². The Hall–Kier alpha value is -4.39. The SMILES string of the molecule is COc1ccc(-c2cc3n(n2)C[C@@](C)(C(=O)NCc2ccccc2)N(c2ccc(C)c(C)c2)C3=O)cc1. The summed E-state index contributed by atoms with van der Waals surface area (Å²) in [5.74, 6) is 0.238. The number of amides is 2. The van der Waals surface area contributed by atoms with Gasteiger partial charge in [-0.25, -0.2) is 0 Å². The first-order chi connectivity index (χ1) is 17.8. The Morgan fingerprint density at radius 2 is 1.73 bits per heavy atom. The van der Waals surface area contributed by atoms with Crippen molar-refractivity contribution in [3.63, 3.8) is 0 Å². The minimum Gasteiger partial charge on any atom is -0.497 e. The van der Waals surface area contributed by atoms with Gasteiger partial charge in [0.05, 0.1) is 19.3 Å². The van der Waals surface area contributed by atoms with Gasteiger partial charge in [-0.3, -0.25) is 19.2 Å². The topological polar surface area (TPSA) is 76.5 Å². The van der Waals surface area contributed by atoms with Crippen molar-refractivity contribution in [2.75, 3.05) is 12.0 Å². The lowest BCUT2D eigenvalue weighted by Gasteiger charge is -2.43. The number of anilines is 1. The highest BCUT2D eigenvalue weighted by Crippen LogP contribution is 2.35. The van der Waals surface area contributed by atoms with Crippen LogP contribution in [-0.2, 0) is 17.9 Å². The Morgan fingerprint density at radius 1 is 1.00 bits per heavy atom. The third-order valence-electron chi connectivity index (χ3n) is 7.07. The number of rotatable bonds is 6. The van der Waals surface area contributed by atoms with E-state index >= 15 is 0 Å². The number of hydrogen-bond donors (Lipinski definition) is 1. The number of aryl methyl sites for hydroxylation is 2. The lowest BCUT2D eigenvalue weighted by Crippen LogP contribution is -2.64. The number of benzene rings is 3. The lowest BCUT2D eigenvalue weighted by atomic mass is 9.93. The van der Waals surface area contributed by atoms with E-state index < -0.39 is 5.54 Å². The summed E-state index contributed by atoms with van der Waals surface area (Å²) >= 11 is 0. The largest absolute Gasteiger partial charge is 0.497 e. The molecule has 37 heavy (non-hydrogen) atoms. The highest BCUT2D eigenvalue weighted by molar-refractivity contribution is 6.12.